The molecule has 0 saturated carbocycles. The van der Waals surface area contributed by atoms with Crippen molar-refractivity contribution in [1.82, 2.24) is 0 Å². The first-order chi connectivity index (χ1) is 5.17. The summed E-state index contributed by atoms with van der Waals surface area (Å²) in [5.74, 6) is 0.234. The quantitative estimate of drug-likeness (QED) is 0.314. The highest BCUT2D eigenvalue weighted by molar-refractivity contribution is 9.09. The Morgan fingerprint density at radius 2 is 1.91 bits per heavy atom. The lowest BCUT2D eigenvalue weighted by Gasteiger charge is -2.05. The number of methoxy groups -OCH3 is 2. The predicted molar refractivity (Wildman–Crippen MR) is 45.5 cm³/mol. The van der Waals surface area contributed by atoms with Gasteiger partial charge in [-0.15, -0.1) is 0 Å². The first-order valence-corrected chi connectivity index (χ1v) is 4.17. The van der Waals surface area contributed by atoms with Crippen molar-refractivity contribution in [3.63, 3.8) is 0 Å². The van der Waals surface area contributed by atoms with Crippen LogP contribution in [0, 0.1) is 0 Å². The van der Waals surface area contributed by atoms with Gasteiger partial charge in [-0.1, -0.05) is 15.9 Å². The third kappa shape index (κ3) is 2.93. The number of hydrogen-bond acceptors (Lipinski definition) is 3. The van der Waals surface area contributed by atoms with E-state index < -0.39 is 0 Å². The summed E-state index contributed by atoms with van der Waals surface area (Å²) in [6, 6.07) is 0. The summed E-state index contributed by atoms with van der Waals surface area (Å²) >= 11 is 3.18. The van der Waals surface area contributed by atoms with Crippen molar-refractivity contribution in [3.8, 4) is 0 Å². The number of ether oxygens (including phenoxy) is 2. The Labute approximate surface area is 74.5 Å². The summed E-state index contributed by atoms with van der Waals surface area (Å²) in [5.41, 5.74) is 0.492. The Balaban J connectivity index is 4.46. The van der Waals surface area contributed by atoms with Crippen LogP contribution in [0.15, 0.2) is 11.3 Å². The summed E-state index contributed by atoms with van der Waals surface area (Å²) in [4.78, 5) is 10.9. The van der Waals surface area contributed by atoms with Crippen LogP contribution in [0.5, 0.6) is 0 Å². The summed E-state index contributed by atoms with van der Waals surface area (Å²) in [7, 11) is 2.86. The Bertz CT molecular complexity index is 169. The molecule has 0 heterocycles. The van der Waals surface area contributed by atoms with Gasteiger partial charge >= 0.3 is 5.97 Å². The lowest BCUT2D eigenvalue weighted by molar-refractivity contribution is -0.136. The van der Waals surface area contributed by atoms with E-state index >= 15 is 0 Å². The van der Waals surface area contributed by atoms with Crippen molar-refractivity contribution < 1.29 is 14.3 Å². The fourth-order valence-corrected chi connectivity index (χ4v) is 1.22. The van der Waals surface area contributed by atoms with E-state index in [1.165, 1.54) is 14.2 Å². The molecular formula is C7H11BrO3. The third-order valence-electron chi connectivity index (χ3n) is 1.28. The number of allylic oxidation sites excluding steroid dienone is 1. The Hall–Kier alpha value is -0.510. The van der Waals surface area contributed by atoms with Gasteiger partial charge in [0.05, 0.1) is 25.1 Å². The molecule has 64 valence electrons. The smallest absolute Gasteiger partial charge is 0.336 e. The second-order valence-electron chi connectivity index (χ2n) is 1.88. The molecule has 0 amide bonds. The lowest BCUT2D eigenvalue weighted by atomic mass is 10.3. The van der Waals surface area contributed by atoms with Gasteiger partial charge in [-0.2, -0.15) is 0 Å². The molecule has 0 bridgehead atoms. The Morgan fingerprint density at radius 1 is 1.36 bits per heavy atom. The van der Waals surface area contributed by atoms with E-state index in [4.69, 9.17) is 4.74 Å². The highest BCUT2D eigenvalue weighted by atomic mass is 79.9. The fraction of sp³-hybridized carbons (Fsp3) is 0.571. The molecule has 0 aromatic heterocycles. The Kier molecular flexibility index (Phi) is 4.94. The van der Waals surface area contributed by atoms with Crippen LogP contribution in [0.2, 0.25) is 0 Å². The monoisotopic (exact) mass is 222 g/mol. The van der Waals surface area contributed by atoms with Crippen LogP contribution >= 0.6 is 15.9 Å². The zero-order valence-corrected chi connectivity index (χ0v) is 8.40. The summed E-state index contributed by atoms with van der Waals surface area (Å²) in [5, 5.41) is 0.518. The van der Waals surface area contributed by atoms with Crippen LogP contribution in [0.3, 0.4) is 0 Å². The lowest BCUT2D eigenvalue weighted by Crippen LogP contribution is -2.06. The number of esters is 1. The van der Waals surface area contributed by atoms with Gasteiger partial charge in [0.25, 0.3) is 0 Å². The van der Waals surface area contributed by atoms with Crippen LogP contribution < -0.4 is 0 Å². The SMILES string of the molecule is COC(=O)/C(C)=C(\CBr)OC. The number of rotatable bonds is 3. The predicted octanol–water partition coefficient (Wildman–Crippen LogP) is 1.47. The van der Waals surface area contributed by atoms with Crippen molar-refractivity contribution in [1.29, 1.82) is 0 Å². The van der Waals surface area contributed by atoms with Gasteiger partial charge in [-0.3, -0.25) is 0 Å². The molecule has 0 rings (SSSR count). The van der Waals surface area contributed by atoms with Gasteiger partial charge in [0.1, 0.15) is 5.76 Å². The average molecular weight is 223 g/mol. The van der Waals surface area contributed by atoms with E-state index in [0.717, 1.165) is 0 Å². The molecule has 3 nitrogen and oxygen atoms in total. The summed E-state index contributed by atoms with van der Waals surface area (Å²) < 4.78 is 9.42. The zero-order valence-electron chi connectivity index (χ0n) is 6.81. The molecule has 11 heavy (non-hydrogen) atoms. The van der Waals surface area contributed by atoms with Crippen molar-refractivity contribution in [2.45, 2.75) is 6.92 Å². The van der Waals surface area contributed by atoms with Gasteiger partial charge < -0.3 is 9.47 Å². The van der Waals surface area contributed by atoms with E-state index in [-0.39, 0.29) is 5.97 Å². The van der Waals surface area contributed by atoms with Gasteiger partial charge in [0.15, 0.2) is 0 Å². The van der Waals surface area contributed by atoms with Crippen LogP contribution in [0.4, 0.5) is 0 Å². The molecule has 0 fully saturated rings. The minimum Gasteiger partial charge on any atom is -0.500 e. The maximum absolute atomic E-state index is 10.9. The molecule has 4 heteroatoms. The molecule has 0 N–H and O–H groups in total. The second kappa shape index (κ2) is 5.18. The van der Waals surface area contributed by atoms with E-state index in [2.05, 4.69) is 20.7 Å². The van der Waals surface area contributed by atoms with E-state index in [0.29, 0.717) is 16.7 Å². The van der Waals surface area contributed by atoms with E-state index in [1.807, 2.05) is 0 Å². The van der Waals surface area contributed by atoms with Crippen molar-refractivity contribution in [2.24, 2.45) is 0 Å². The highest BCUT2D eigenvalue weighted by Gasteiger charge is 2.09. The first-order valence-electron chi connectivity index (χ1n) is 3.05. The van der Waals surface area contributed by atoms with Gasteiger partial charge in [-0.05, 0) is 6.92 Å². The maximum atomic E-state index is 10.9. The second-order valence-corrected chi connectivity index (χ2v) is 2.44. The van der Waals surface area contributed by atoms with Gasteiger partial charge in [0.2, 0.25) is 0 Å². The average Bonchev–Trinajstić information content (AvgIpc) is 2.05. The van der Waals surface area contributed by atoms with Gasteiger partial charge in [-0.25, -0.2) is 4.79 Å². The molecule has 0 aliphatic heterocycles. The number of alkyl halides is 1. The molecule has 0 aliphatic carbocycles. The van der Waals surface area contributed by atoms with Gasteiger partial charge in [0, 0.05) is 0 Å². The molecule has 0 spiro atoms. The first kappa shape index (κ1) is 10.5. The van der Waals surface area contributed by atoms with E-state index in [9.17, 15) is 4.79 Å². The number of carbonyl (C=O) groups excluding carboxylic acids is 1. The highest BCUT2D eigenvalue weighted by Crippen LogP contribution is 2.08. The van der Waals surface area contributed by atoms with Crippen molar-refractivity contribution in [3.05, 3.63) is 11.3 Å². The molecule has 0 saturated heterocycles. The fourth-order valence-electron chi connectivity index (χ4n) is 0.575. The standard InChI is InChI=1S/C7H11BrO3/c1-5(7(9)11-3)6(4-8)10-2/h4H2,1-3H3/b6-5+. The summed E-state index contributed by atoms with van der Waals surface area (Å²) in [6.07, 6.45) is 0. The minimum absolute atomic E-state index is 0.360. The molecule has 0 unspecified atom stereocenters. The van der Waals surface area contributed by atoms with Crippen LogP contribution in [0.1, 0.15) is 6.92 Å². The molecule has 0 aromatic rings. The molecular weight excluding hydrogens is 212 g/mol. The van der Waals surface area contributed by atoms with E-state index in [1.54, 1.807) is 6.92 Å². The topological polar surface area (TPSA) is 35.5 Å². The largest absolute Gasteiger partial charge is 0.500 e. The number of halogens is 1. The number of carbonyl (C=O) groups is 1. The van der Waals surface area contributed by atoms with Crippen LogP contribution in [0.25, 0.3) is 0 Å². The maximum Gasteiger partial charge on any atom is 0.336 e. The minimum atomic E-state index is -0.360. The zero-order chi connectivity index (χ0) is 8.85. The molecule has 0 atom stereocenters. The van der Waals surface area contributed by atoms with Crippen LogP contribution in [-0.2, 0) is 14.3 Å². The molecule has 0 radical (unpaired) electrons. The molecule has 0 aliphatic rings. The number of hydrogen-bond donors (Lipinski definition) is 0. The third-order valence-corrected chi connectivity index (χ3v) is 1.79. The molecule has 0 aromatic carbocycles. The Morgan fingerprint density at radius 3 is 2.18 bits per heavy atom. The van der Waals surface area contributed by atoms with Crippen LogP contribution in [-0.4, -0.2) is 25.5 Å². The van der Waals surface area contributed by atoms with Crippen molar-refractivity contribution in [2.75, 3.05) is 19.5 Å². The summed E-state index contributed by atoms with van der Waals surface area (Å²) in [6.45, 7) is 1.66. The van der Waals surface area contributed by atoms with Crippen molar-refractivity contribution >= 4 is 21.9 Å². The normalized spacial score (nSPS) is 12.0.